The Morgan fingerprint density at radius 2 is 1.15 bits per heavy atom. The lowest BCUT2D eigenvalue weighted by Gasteiger charge is -2.46. The van der Waals surface area contributed by atoms with Gasteiger partial charge in [0, 0.05) is 84.9 Å². The summed E-state index contributed by atoms with van der Waals surface area (Å²) in [5.74, 6) is -0.612. The standard InChI is InChI=1S/C54H86FN5O4S2/c1-4-6-7-8-9-10-11-12-13-14-15-16-17-18-19-20-21-22-23-24-41-64-52-28-26-48(43-50(52)55)66(62,63)53-44-56-51-27-25-47(65(3)61)42-49(51)54(53)60-35-31-46(32-36-60)59-39-37-58(38-40-59)45-29-33-57(5-2)34-30-45/h25-28,42-46H,4-24,29-41H2,1-3H3. The third kappa shape index (κ3) is 15.7. The average molecular weight is 952 g/mol. The predicted octanol–water partition coefficient (Wildman–Crippen LogP) is 12.2. The van der Waals surface area contributed by atoms with Crippen LogP contribution in [-0.4, -0.2) is 116 Å². The zero-order valence-electron chi connectivity index (χ0n) is 41.3. The molecule has 3 saturated heterocycles. The fourth-order valence-electron chi connectivity index (χ4n) is 10.8. The van der Waals surface area contributed by atoms with Crippen LogP contribution in [0.3, 0.4) is 0 Å². The number of sulfone groups is 1. The summed E-state index contributed by atoms with van der Waals surface area (Å²) >= 11 is 0. The molecule has 3 fully saturated rings. The third-order valence-corrected chi connectivity index (χ3v) is 17.7. The first kappa shape index (κ1) is 52.7. The second-order valence-electron chi connectivity index (χ2n) is 19.7. The van der Waals surface area contributed by atoms with E-state index < -0.39 is 26.5 Å². The van der Waals surface area contributed by atoms with Crippen LogP contribution in [0.1, 0.15) is 168 Å². The number of aromatic nitrogens is 1. The minimum atomic E-state index is -4.19. The van der Waals surface area contributed by atoms with Crippen LogP contribution >= 0.6 is 0 Å². The molecule has 1 atom stereocenters. The second kappa shape index (κ2) is 28.1. The Labute approximate surface area is 402 Å². The van der Waals surface area contributed by atoms with Crippen molar-refractivity contribution in [1.29, 1.82) is 0 Å². The number of benzene rings is 2. The van der Waals surface area contributed by atoms with E-state index in [4.69, 9.17) is 4.74 Å². The smallest absolute Gasteiger partial charge is 0.210 e. The first-order chi connectivity index (χ1) is 32.2. The minimum absolute atomic E-state index is 0.0487. The molecule has 6 rings (SSSR count). The van der Waals surface area contributed by atoms with Crippen LogP contribution in [-0.2, 0) is 20.6 Å². The zero-order chi connectivity index (χ0) is 46.6. The van der Waals surface area contributed by atoms with Crippen LogP contribution in [0.25, 0.3) is 10.9 Å². The molecule has 12 heteroatoms. The molecule has 0 saturated carbocycles. The van der Waals surface area contributed by atoms with Crippen LogP contribution in [0.2, 0.25) is 0 Å². The second-order valence-corrected chi connectivity index (χ2v) is 23.0. The van der Waals surface area contributed by atoms with Crippen molar-refractivity contribution in [1.82, 2.24) is 19.7 Å². The van der Waals surface area contributed by atoms with E-state index in [2.05, 4.69) is 38.4 Å². The molecule has 0 amide bonds. The van der Waals surface area contributed by atoms with E-state index >= 15 is 4.39 Å². The molecule has 9 nitrogen and oxygen atoms in total. The number of piperidine rings is 2. The largest absolute Gasteiger partial charge is 0.491 e. The van der Waals surface area contributed by atoms with Gasteiger partial charge < -0.3 is 14.5 Å². The molecule has 3 aliphatic rings. The molecular formula is C54H86FN5O4S2. The zero-order valence-corrected chi connectivity index (χ0v) is 42.9. The summed E-state index contributed by atoms with van der Waals surface area (Å²) in [7, 11) is -5.46. The number of unbranched alkanes of at least 4 members (excludes halogenated alkanes) is 19. The van der Waals surface area contributed by atoms with Crippen molar-refractivity contribution >= 4 is 37.2 Å². The molecule has 4 heterocycles. The first-order valence-electron chi connectivity index (χ1n) is 26.6. The number of rotatable bonds is 29. The number of nitrogens with zero attached hydrogens (tertiary/aromatic N) is 5. The summed E-state index contributed by atoms with van der Waals surface area (Å²) in [6.45, 7) is 14.2. The Hall–Kier alpha value is -2.64. The van der Waals surface area contributed by atoms with E-state index in [0.29, 0.717) is 53.3 Å². The lowest BCUT2D eigenvalue weighted by Crippen LogP contribution is -2.56. The van der Waals surface area contributed by atoms with Gasteiger partial charge in [0.05, 0.1) is 22.7 Å². The molecule has 1 unspecified atom stereocenters. The Morgan fingerprint density at radius 1 is 0.652 bits per heavy atom. The maximum Gasteiger partial charge on any atom is 0.210 e. The number of hydrogen-bond donors (Lipinski definition) is 0. The Bertz CT molecular complexity index is 2010. The van der Waals surface area contributed by atoms with Crippen molar-refractivity contribution in [3.05, 3.63) is 48.4 Å². The Balaban J connectivity index is 0.939. The molecular weight excluding hydrogens is 866 g/mol. The van der Waals surface area contributed by atoms with Gasteiger partial charge in [-0.15, -0.1) is 0 Å². The lowest BCUT2D eigenvalue weighted by atomic mass is 9.99. The van der Waals surface area contributed by atoms with Gasteiger partial charge in [0.25, 0.3) is 0 Å². The highest BCUT2D eigenvalue weighted by Crippen LogP contribution is 2.39. The fraction of sp³-hybridized carbons (Fsp3) is 0.722. The number of pyridine rings is 1. The van der Waals surface area contributed by atoms with Gasteiger partial charge in [-0.05, 0) is 88.1 Å². The molecule has 3 aromatic rings. The molecule has 0 aliphatic carbocycles. The van der Waals surface area contributed by atoms with Gasteiger partial charge >= 0.3 is 0 Å². The van der Waals surface area contributed by atoms with Gasteiger partial charge in [-0.1, -0.05) is 136 Å². The minimum Gasteiger partial charge on any atom is -0.491 e. The van der Waals surface area contributed by atoms with Gasteiger partial charge in [0.1, 0.15) is 4.90 Å². The number of anilines is 1. The molecule has 3 aliphatic heterocycles. The summed E-state index contributed by atoms with van der Waals surface area (Å²) in [5, 5.41) is 0.653. The van der Waals surface area contributed by atoms with Crippen LogP contribution < -0.4 is 9.64 Å². The number of piperazine rings is 1. The van der Waals surface area contributed by atoms with Gasteiger partial charge in [0.2, 0.25) is 9.84 Å². The maximum absolute atomic E-state index is 15.6. The molecule has 0 N–H and O–H groups in total. The highest BCUT2D eigenvalue weighted by Gasteiger charge is 2.34. The van der Waals surface area contributed by atoms with Gasteiger partial charge in [-0.2, -0.15) is 0 Å². The Kier molecular flexibility index (Phi) is 22.5. The molecule has 2 aromatic carbocycles. The summed E-state index contributed by atoms with van der Waals surface area (Å²) in [6.07, 6.45) is 33.7. The molecule has 1 aromatic heterocycles. The van der Waals surface area contributed by atoms with Crippen molar-refractivity contribution in [3.63, 3.8) is 0 Å². The molecule has 0 spiro atoms. The molecule has 0 bridgehead atoms. The monoisotopic (exact) mass is 952 g/mol. The highest BCUT2D eigenvalue weighted by molar-refractivity contribution is 7.91. The number of fused-ring (bicyclic) bond motifs is 1. The van der Waals surface area contributed by atoms with E-state index in [1.54, 1.807) is 12.3 Å². The number of likely N-dealkylation sites (tertiary alicyclic amines) is 1. The van der Waals surface area contributed by atoms with Crippen LogP contribution in [0.4, 0.5) is 10.1 Å². The summed E-state index contributed by atoms with van der Waals surface area (Å²) < 4.78 is 63.2. The van der Waals surface area contributed by atoms with Crippen molar-refractivity contribution < 1.29 is 21.8 Å². The number of halogens is 1. The van der Waals surface area contributed by atoms with Crippen LogP contribution in [0.15, 0.2) is 57.3 Å². The van der Waals surface area contributed by atoms with Crippen molar-refractivity contribution in [2.24, 2.45) is 0 Å². The highest BCUT2D eigenvalue weighted by atomic mass is 32.2. The third-order valence-electron chi connectivity index (χ3n) is 15.0. The van der Waals surface area contributed by atoms with Crippen molar-refractivity contribution in [2.75, 3.05) is 76.7 Å². The number of hydrogen-bond acceptors (Lipinski definition) is 9. The quantitative estimate of drug-likeness (QED) is 0.0632. The van der Waals surface area contributed by atoms with Gasteiger partial charge in [0.15, 0.2) is 11.6 Å². The van der Waals surface area contributed by atoms with E-state index in [0.717, 1.165) is 70.9 Å². The summed E-state index contributed by atoms with van der Waals surface area (Å²) in [4.78, 5) is 15.2. The average Bonchev–Trinajstić information content (AvgIpc) is 3.34. The van der Waals surface area contributed by atoms with E-state index in [1.165, 1.54) is 153 Å². The predicted molar refractivity (Wildman–Crippen MR) is 273 cm³/mol. The normalized spacial score (nSPS) is 18.1. The fourth-order valence-corrected chi connectivity index (χ4v) is 12.8. The summed E-state index contributed by atoms with van der Waals surface area (Å²) in [5.41, 5.74) is 1.20. The van der Waals surface area contributed by atoms with E-state index in [9.17, 15) is 12.6 Å². The van der Waals surface area contributed by atoms with Gasteiger partial charge in [-0.25, -0.2) is 12.8 Å². The van der Waals surface area contributed by atoms with Gasteiger partial charge in [-0.3, -0.25) is 19.0 Å². The van der Waals surface area contributed by atoms with E-state index in [1.807, 2.05) is 12.1 Å². The lowest BCUT2D eigenvalue weighted by molar-refractivity contribution is 0.0384. The Morgan fingerprint density at radius 3 is 1.64 bits per heavy atom. The van der Waals surface area contributed by atoms with Crippen molar-refractivity contribution in [3.8, 4) is 5.75 Å². The molecule has 0 radical (unpaired) electrons. The SMILES string of the molecule is CCCCCCCCCCCCCCCCCCCCCCOc1ccc(S(=O)(=O)c2cnc3ccc(S(C)=O)cc3c2N2CCC(N3CCN(C4CCN(CC)CC4)CC3)CC2)cc1F. The summed E-state index contributed by atoms with van der Waals surface area (Å²) in [6, 6.07) is 10.5. The maximum atomic E-state index is 15.6. The first-order valence-corrected chi connectivity index (χ1v) is 29.6. The van der Waals surface area contributed by atoms with E-state index in [-0.39, 0.29) is 15.5 Å². The molecule has 66 heavy (non-hydrogen) atoms. The molecule has 370 valence electrons. The number of ether oxygens (including phenoxy) is 1. The van der Waals surface area contributed by atoms with Crippen LogP contribution in [0.5, 0.6) is 5.75 Å². The van der Waals surface area contributed by atoms with Crippen LogP contribution in [0, 0.1) is 5.82 Å². The van der Waals surface area contributed by atoms with Crippen molar-refractivity contribution in [2.45, 2.75) is 195 Å². The topological polar surface area (TPSA) is 86.3 Å².